The van der Waals surface area contributed by atoms with E-state index >= 15 is 0 Å². The fourth-order valence-electron chi connectivity index (χ4n) is 1.68. The summed E-state index contributed by atoms with van der Waals surface area (Å²) in [4.78, 5) is 22.6. The van der Waals surface area contributed by atoms with Gasteiger partial charge in [-0.1, -0.05) is 0 Å². The number of hydrogen-bond donors (Lipinski definition) is 3. The second kappa shape index (κ2) is 8.85. The molecular weight excluding hydrogens is 379 g/mol. The second-order valence-corrected chi connectivity index (χ2v) is 7.11. The third kappa shape index (κ3) is 8.16. The molecule has 0 heterocycles. The average molecular weight is 397 g/mol. The van der Waals surface area contributed by atoms with Crippen LogP contribution in [0, 0.1) is 0 Å². The van der Waals surface area contributed by atoms with Crippen molar-refractivity contribution in [2.24, 2.45) is 0 Å². The zero-order chi connectivity index (χ0) is 20.0. The number of hydrogen-bond acceptors (Lipinski definition) is 5. The van der Waals surface area contributed by atoms with E-state index < -0.39 is 40.5 Å². The predicted molar refractivity (Wildman–Crippen MR) is 84.6 cm³/mol. The molecule has 0 atom stereocenters. The summed E-state index contributed by atoms with van der Waals surface area (Å²) >= 11 is 0. The van der Waals surface area contributed by atoms with Gasteiger partial charge in [0.05, 0.1) is 18.0 Å². The summed E-state index contributed by atoms with van der Waals surface area (Å²) in [5.41, 5.74) is 0. The van der Waals surface area contributed by atoms with E-state index in [0.29, 0.717) is 0 Å². The summed E-state index contributed by atoms with van der Waals surface area (Å²) in [7, 11) is -4.12. The molecule has 146 valence electrons. The van der Waals surface area contributed by atoms with Gasteiger partial charge in [0, 0.05) is 6.04 Å². The molecular formula is C14H18F3N3O5S. The summed E-state index contributed by atoms with van der Waals surface area (Å²) in [6.45, 7) is 2.51. The number of rotatable bonds is 8. The van der Waals surface area contributed by atoms with Crippen LogP contribution in [-0.4, -0.2) is 45.7 Å². The molecule has 0 spiro atoms. The minimum Gasteiger partial charge on any atom is -0.406 e. The molecule has 12 heteroatoms. The Hall–Kier alpha value is -2.34. The Morgan fingerprint density at radius 2 is 1.65 bits per heavy atom. The van der Waals surface area contributed by atoms with Crippen LogP contribution in [0.1, 0.15) is 13.8 Å². The van der Waals surface area contributed by atoms with E-state index in [1.165, 1.54) is 0 Å². The maximum absolute atomic E-state index is 12.1. The van der Waals surface area contributed by atoms with E-state index in [1.54, 1.807) is 13.8 Å². The van der Waals surface area contributed by atoms with Crippen LogP contribution in [-0.2, 0) is 19.6 Å². The van der Waals surface area contributed by atoms with Crippen molar-refractivity contribution in [3.8, 4) is 5.75 Å². The molecule has 0 aliphatic carbocycles. The van der Waals surface area contributed by atoms with Gasteiger partial charge < -0.3 is 15.4 Å². The van der Waals surface area contributed by atoms with Crippen molar-refractivity contribution in [2.75, 3.05) is 13.1 Å². The Balaban J connectivity index is 2.55. The normalized spacial score (nSPS) is 11.9. The van der Waals surface area contributed by atoms with Gasteiger partial charge in [-0.3, -0.25) is 9.59 Å². The fraction of sp³-hybridized carbons (Fsp3) is 0.429. The summed E-state index contributed by atoms with van der Waals surface area (Å²) in [6, 6.07) is 3.35. The number of halogens is 3. The van der Waals surface area contributed by atoms with Gasteiger partial charge in [-0.05, 0) is 38.1 Å². The average Bonchev–Trinajstić information content (AvgIpc) is 2.49. The molecule has 0 radical (unpaired) electrons. The number of carbonyl (C=O) groups is 2. The first kappa shape index (κ1) is 21.7. The lowest BCUT2D eigenvalue weighted by atomic mass is 10.3. The van der Waals surface area contributed by atoms with E-state index in [2.05, 4.69) is 15.4 Å². The lowest BCUT2D eigenvalue weighted by molar-refractivity contribution is -0.274. The summed E-state index contributed by atoms with van der Waals surface area (Å²) in [5, 5.41) is 4.76. The van der Waals surface area contributed by atoms with Gasteiger partial charge in [0.2, 0.25) is 21.8 Å². The highest BCUT2D eigenvalue weighted by Crippen LogP contribution is 2.23. The molecule has 2 amide bonds. The number of sulfonamides is 1. The van der Waals surface area contributed by atoms with E-state index in [-0.39, 0.29) is 17.5 Å². The summed E-state index contributed by atoms with van der Waals surface area (Å²) < 4.78 is 65.7. The van der Waals surface area contributed by atoms with Gasteiger partial charge >= 0.3 is 6.36 Å². The van der Waals surface area contributed by atoms with Gasteiger partial charge in [-0.25, -0.2) is 13.1 Å². The predicted octanol–water partition coefficient (Wildman–Crippen LogP) is 0.504. The van der Waals surface area contributed by atoms with E-state index in [4.69, 9.17) is 0 Å². The van der Waals surface area contributed by atoms with E-state index in [1.807, 2.05) is 4.72 Å². The number of alkyl halides is 3. The van der Waals surface area contributed by atoms with Crippen LogP contribution < -0.4 is 20.1 Å². The minimum absolute atomic E-state index is 0.109. The monoisotopic (exact) mass is 397 g/mol. The standard InChI is InChI=1S/C14H18F3N3O5S/c1-9(2)20-13(22)7-18-12(21)8-19-26(23,24)11-5-3-10(4-6-11)25-14(15,16)17/h3-6,9,19H,7-8H2,1-2H3,(H,18,21)(H,20,22). The van der Waals surface area contributed by atoms with Crippen molar-refractivity contribution in [3.05, 3.63) is 24.3 Å². The van der Waals surface area contributed by atoms with Gasteiger partial charge in [-0.2, -0.15) is 0 Å². The lowest BCUT2D eigenvalue weighted by Crippen LogP contribution is -2.43. The molecule has 0 aromatic heterocycles. The second-order valence-electron chi connectivity index (χ2n) is 5.34. The van der Waals surface area contributed by atoms with Crippen molar-refractivity contribution in [3.63, 3.8) is 0 Å². The van der Waals surface area contributed by atoms with Crippen LogP contribution in [0.15, 0.2) is 29.2 Å². The molecule has 0 aliphatic heterocycles. The highest BCUT2D eigenvalue weighted by atomic mass is 32.2. The SMILES string of the molecule is CC(C)NC(=O)CNC(=O)CNS(=O)(=O)c1ccc(OC(F)(F)F)cc1. The summed E-state index contributed by atoms with van der Waals surface area (Å²) in [6.07, 6.45) is -4.89. The first-order valence-electron chi connectivity index (χ1n) is 7.30. The highest BCUT2D eigenvalue weighted by Gasteiger charge is 2.31. The van der Waals surface area contributed by atoms with Crippen LogP contribution in [0.3, 0.4) is 0 Å². The van der Waals surface area contributed by atoms with Crippen LogP contribution in [0.4, 0.5) is 13.2 Å². The topological polar surface area (TPSA) is 114 Å². The molecule has 0 saturated carbocycles. The zero-order valence-corrected chi connectivity index (χ0v) is 14.7. The first-order chi connectivity index (χ1) is 11.9. The highest BCUT2D eigenvalue weighted by molar-refractivity contribution is 7.89. The van der Waals surface area contributed by atoms with Crippen molar-refractivity contribution < 1.29 is 35.9 Å². The van der Waals surface area contributed by atoms with Gasteiger partial charge in [-0.15, -0.1) is 13.2 Å². The third-order valence-corrected chi connectivity index (χ3v) is 4.10. The smallest absolute Gasteiger partial charge is 0.406 e. The Kier molecular flexibility index (Phi) is 7.39. The molecule has 3 N–H and O–H groups in total. The molecule has 0 fully saturated rings. The van der Waals surface area contributed by atoms with E-state index in [9.17, 15) is 31.2 Å². The largest absolute Gasteiger partial charge is 0.573 e. The first-order valence-corrected chi connectivity index (χ1v) is 8.79. The molecule has 8 nitrogen and oxygen atoms in total. The van der Waals surface area contributed by atoms with Crippen LogP contribution >= 0.6 is 0 Å². The molecule has 0 aliphatic rings. The van der Waals surface area contributed by atoms with E-state index in [0.717, 1.165) is 24.3 Å². The molecule has 1 aromatic carbocycles. The zero-order valence-electron chi connectivity index (χ0n) is 13.9. The lowest BCUT2D eigenvalue weighted by Gasteiger charge is -2.11. The number of benzene rings is 1. The van der Waals surface area contributed by atoms with Crippen LogP contribution in [0.5, 0.6) is 5.75 Å². The molecule has 0 bridgehead atoms. The van der Waals surface area contributed by atoms with Crippen LogP contribution in [0.2, 0.25) is 0 Å². The minimum atomic E-state index is -4.89. The molecule has 0 saturated heterocycles. The molecule has 1 aromatic rings. The van der Waals surface area contributed by atoms with Crippen molar-refractivity contribution in [1.82, 2.24) is 15.4 Å². The molecule has 26 heavy (non-hydrogen) atoms. The van der Waals surface area contributed by atoms with Crippen molar-refractivity contribution >= 4 is 21.8 Å². The maximum Gasteiger partial charge on any atom is 0.573 e. The van der Waals surface area contributed by atoms with Gasteiger partial charge in [0.15, 0.2) is 0 Å². The number of ether oxygens (including phenoxy) is 1. The quantitative estimate of drug-likeness (QED) is 0.591. The van der Waals surface area contributed by atoms with Crippen LogP contribution in [0.25, 0.3) is 0 Å². The Bertz CT molecular complexity index is 733. The molecule has 0 unspecified atom stereocenters. The Morgan fingerprint density at radius 1 is 1.08 bits per heavy atom. The summed E-state index contributed by atoms with van der Waals surface area (Å²) in [5.74, 6) is -1.76. The van der Waals surface area contributed by atoms with Gasteiger partial charge in [0.25, 0.3) is 0 Å². The molecule has 1 rings (SSSR count). The Morgan fingerprint density at radius 3 is 2.15 bits per heavy atom. The number of amides is 2. The van der Waals surface area contributed by atoms with Gasteiger partial charge in [0.1, 0.15) is 5.75 Å². The maximum atomic E-state index is 12.1. The third-order valence-electron chi connectivity index (χ3n) is 2.69. The Labute approximate surface area is 148 Å². The number of nitrogens with one attached hydrogen (secondary N) is 3. The van der Waals surface area contributed by atoms with Crippen molar-refractivity contribution in [2.45, 2.75) is 31.1 Å². The fourth-order valence-corrected chi connectivity index (χ4v) is 2.66. The number of carbonyl (C=O) groups excluding carboxylic acids is 2. The van der Waals surface area contributed by atoms with Crippen molar-refractivity contribution in [1.29, 1.82) is 0 Å².